The van der Waals surface area contributed by atoms with Gasteiger partial charge < -0.3 is 0 Å². The number of hydrogen-bond donors (Lipinski definition) is 0. The Labute approximate surface area is 137 Å². The molecule has 0 saturated heterocycles. The van der Waals surface area contributed by atoms with Crippen molar-refractivity contribution in [1.82, 2.24) is 0 Å². The molecule has 0 aromatic heterocycles. The summed E-state index contributed by atoms with van der Waals surface area (Å²) in [7, 11) is -3.18. The van der Waals surface area contributed by atoms with E-state index in [1.165, 1.54) is 17.4 Å². The molecule has 0 fully saturated rings. The van der Waals surface area contributed by atoms with Crippen LogP contribution in [-0.2, 0) is 9.84 Å². The molecule has 0 bridgehead atoms. The van der Waals surface area contributed by atoms with Crippen molar-refractivity contribution in [2.75, 3.05) is 11.3 Å². The van der Waals surface area contributed by atoms with Gasteiger partial charge in [0.15, 0.2) is 9.84 Å². The van der Waals surface area contributed by atoms with Crippen LogP contribution in [0, 0.1) is 6.92 Å². The summed E-state index contributed by atoms with van der Waals surface area (Å²) >= 11 is 0. The molecule has 1 unspecified atom stereocenters. The Bertz CT molecular complexity index is 838. The standard InChI is InChI=1S/C18H20N2O2S/c1-13-4-6-15(7-5-13)18-12-14(2)19-20(18)16-8-10-17(11-9-16)23(3,21)22/h4-11,18H,12H2,1-3H3. The number of sulfone groups is 1. The first-order chi connectivity index (χ1) is 10.8. The Hall–Kier alpha value is -2.14. The Morgan fingerprint density at radius 2 is 1.61 bits per heavy atom. The lowest BCUT2D eigenvalue weighted by Gasteiger charge is -2.24. The average Bonchev–Trinajstić information content (AvgIpc) is 2.89. The first kappa shape index (κ1) is 15.7. The molecule has 0 aliphatic carbocycles. The van der Waals surface area contributed by atoms with E-state index < -0.39 is 9.84 Å². The quantitative estimate of drug-likeness (QED) is 0.862. The fourth-order valence-electron chi connectivity index (χ4n) is 2.79. The lowest BCUT2D eigenvalue weighted by atomic mass is 10.0. The van der Waals surface area contributed by atoms with Crippen molar-refractivity contribution in [3.63, 3.8) is 0 Å². The van der Waals surface area contributed by atoms with Gasteiger partial charge >= 0.3 is 0 Å². The number of rotatable bonds is 3. The number of nitrogens with zero attached hydrogens (tertiary/aromatic N) is 2. The molecule has 23 heavy (non-hydrogen) atoms. The third-order valence-corrected chi connectivity index (χ3v) is 5.18. The van der Waals surface area contributed by atoms with E-state index in [0.29, 0.717) is 4.90 Å². The van der Waals surface area contributed by atoms with Gasteiger partial charge in [-0.3, -0.25) is 5.01 Å². The van der Waals surface area contributed by atoms with Crippen LogP contribution < -0.4 is 5.01 Å². The van der Waals surface area contributed by atoms with E-state index in [9.17, 15) is 8.42 Å². The van der Waals surface area contributed by atoms with Crippen molar-refractivity contribution in [2.24, 2.45) is 5.10 Å². The van der Waals surface area contributed by atoms with Gasteiger partial charge in [-0.25, -0.2) is 8.42 Å². The minimum absolute atomic E-state index is 0.152. The van der Waals surface area contributed by atoms with Gasteiger partial charge in [-0.15, -0.1) is 0 Å². The van der Waals surface area contributed by atoms with Gasteiger partial charge in [0, 0.05) is 18.4 Å². The molecule has 0 amide bonds. The molecule has 5 heteroatoms. The molecule has 3 rings (SSSR count). The average molecular weight is 328 g/mol. The lowest BCUT2D eigenvalue weighted by Crippen LogP contribution is -2.18. The molecular weight excluding hydrogens is 308 g/mol. The number of aryl methyl sites for hydroxylation is 1. The highest BCUT2D eigenvalue weighted by molar-refractivity contribution is 7.90. The van der Waals surface area contributed by atoms with Gasteiger partial charge in [0.2, 0.25) is 0 Å². The third kappa shape index (κ3) is 3.29. The fraction of sp³-hybridized carbons (Fsp3) is 0.278. The number of hydrazone groups is 1. The highest BCUT2D eigenvalue weighted by Crippen LogP contribution is 2.35. The van der Waals surface area contributed by atoms with E-state index in [4.69, 9.17) is 0 Å². The largest absolute Gasteiger partial charge is 0.258 e. The van der Waals surface area contributed by atoms with Gasteiger partial charge in [-0.05, 0) is 43.7 Å². The zero-order valence-electron chi connectivity index (χ0n) is 13.5. The van der Waals surface area contributed by atoms with Gasteiger partial charge in [0.1, 0.15) is 0 Å². The number of benzene rings is 2. The Morgan fingerprint density at radius 3 is 2.17 bits per heavy atom. The summed E-state index contributed by atoms with van der Waals surface area (Å²) in [6, 6.07) is 15.5. The van der Waals surface area contributed by atoms with E-state index in [2.05, 4.69) is 36.3 Å². The molecule has 120 valence electrons. The van der Waals surface area contributed by atoms with Crippen LogP contribution >= 0.6 is 0 Å². The highest BCUT2D eigenvalue weighted by Gasteiger charge is 2.27. The van der Waals surface area contributed by atoms with Crippen molar-refractivity contribution < 1.29 is 8.42 Å². The highest BCUT2D eigenvalue weighted by atomic mass is 32.2. The smallest absolute Gasteiger partial charge is 0.175 e. The number of hydrogen-bond acceptors (Lipinski definition) is 4. The normalized spacial score (nSPS) is 18.1. The SMILES string of the molecule is CC1=NN(c2ccc(S(C)(=O)=O)cc2)C(c2ccc(C)cc2)C1. The van der Waals surface area contributed by atoms with E-state index in [1.54, 1.807) is 12.1 Å². The van der Waals surface area contributed by atoms with Crippen LogP contribution in [0.1, 0.15) is 30.5 Å². The van der Waals surface area contributed by atoms with Crippen LogP contribution in [0.5, 0.6) is 0 Å². The van der Waals surface area contributed by atoms with E-state index in [1.807, 2.05) is 24.1 Å². The topological polar surface area (TPSA) is 49.7 Å². The molecule has 2 aromatic carbocycles. The van der Waals surface area contributed by atoms with Crippen LogP contribution in [-0.4, -0.2) is 20.4 Å². The Kier molecular flexibility index (Phi) is 3.98. The maximum atomic E-state index is 11.6. The molecule has 1 aliphatic heterocycles. The van der Waals surface area contributed by atoms with Crippen LogP contribution in [0.15, 0.2) is 58.5 Å². The summed E-state index contributed by atoms with van der Waals surface area (Å²) in [5.41, 5.74) is 4.42. The second kappa shape index (κ2) is 5.81. The van der Waals surface area contributed by atoms with Gasteiger partial charge in [0.25, 0.3) is 0 Å². The van der Waals surface area contributed by atoms with Crippen molar-refractivity contribution >= 4 is 21.2 Å². The molecule has 2 aromatic rings. The second-order valence-electron chi connectivity index (χ2n) is 6.08. The third-order valence-electron chi connectivity index (χ3n) is 4.05. The molecular formula is C18H20N2O2S. The fourth-order valence-corrected chi connectivity index (χ4v) is 3.42. The summed E-state index contributed by atoms with van der Waals surface area (Å²) in [5, 5.41) is 6.61. The molecule has 0 N–H and O–H groups in total. The minimum Gasteiger partial charge on any atom is -0.258 e. The predicted octanol–water partition coefficient (Wildman–Crippen LogP) is 3.73. The van der Waals surface area contributed by atoms with E-state index in [0.717, 1.165) is 17.8 Å². The van der Waals surface area contributed by atoms with Crippen molar-refractivity contribution in [3.05, 3.63) is 59.7 Å². The zero-order chi connectivity index (χ0) is 16.6. The minimum atomic E-state index is -3.18. The first-order valence-electron chi connectivity index (χ1n) is 7.54. The van der Waals surface area contributed by atoms with Crippen molar-refractivity contribution in [2.45, 2.75) is 31.2 Å². The molecule has 1 heterocycles. The summed E-state index contributed by atoms with van der Waals surface area (Å²) in [5.74, 6) is 0. The van der Waals surface area contributed by atoms with Gasteiger partial charge in [0.05, 0.1) is 16.6 Å². The van der Waals surface area contributed by atoms with Crippen molar-refractivity contribution in [3.8, 4) is 0 Å². The summed E-state index contributed by atoms with van der Waals surface area (Å²) in [6.07, 6.45) is 2.09. The monoisotopic (exact) mass is 328 g/mol. The predicted molar refractivity (Wildman–Crippen MR) is 93.7 cm³/mol. The van der Waals surface area contributed by atoms with Gasteiger partial charge in [-0.1, -0.05) is 29.8 Å². The molecule has 1 atom stereocenters. The maximum absolute atomic E-state index is 11.6. The lowest BCUT2D eigenvalue weighted by molar-refractivity contribution is 0.602. The summed E-state index contributed by atoms with van der Waals surface area (Å²) in [4.78, 5) is 0.327. The van der Waals surface area contributed by atoms with Crippen LogP contribution in [0.4, 0.5) is 5.69 Å². The summed E-state index contributed by atoms with van der Waals surface area (Å²) < 4.78 is 23.2. The molecule has 4 nitrogen and oxygen atoms in total. The van der Waals surface area contributed by atoms with Crippen LogP contribution in [0.2, 0.25) is 0 Å². The maximum Gasteiger partial charge on any atom is 0.175 e. The molecule has 1 aliphatic rings. The Morgan fingerprint density at radius 1 is 1.00 bits per heavy atom. The molecule has 0 saturated carbocycles. The first-order valence-corrected chi connectivity index (χ1v) is 9.44. The van der Waals surface area contributed by atoms with Crippen LogP contribution in [0.3, 0.4) is 0 Å². The molecule has 0 spiro atoms. The summed E-state index contributed by atoms with van der Waals surface area (Å²) in [6.45, 7) is 4.09. The Balaban J connectivity index is 1.94. The second-order valence-corrected chi connectivity index (χ2v) is 8.09. The van der Waals surface area contributed by atoms with E-state index >= 15 is 0 Å². The van der Waals surface area contributed by atoms with E-state index in [-0.39, 0.29) is 6.04 Å². The zero-order valence-corrected chi connectivity index (χ0v) is 14.3. The molecule has 0 radical (unpaired) electrons. The van der Waals surface area contributed by atoms with Crippen molar-refractivity contribution in [1.29, 1.82) is 0 Å². The van der Waals surface area contributed by atoms with Gasteiger partial charge in [-0.2, -0.15) is 5.10 Å². The number of anilines is 1. The van der Waals surface area contributed by atoms with Crippen LogP contribution in [0.25, 0.3) is 0 Å².